The molecule has 3 aromatic heterocycles. The van der Waals surface area contributed by atoms with Gasteiger partial charge in [0.2, 0.25) is 17.1 Å². The van der Waals surface area contributed by atoms with Crippen molar-refractivity contribution in [3.63, 3.8) is 0 Å². The molecule has 338 valence electrons. The molecule has 12 rings (SSSR count). The molecule has 0 amide bonds. The van der Waals surface area contributed by atoms with Gasteiger partial charge in [0.15, 0.2) is 25.1 Å². The number of hydrogen-bond acceptors (Lipinski definition) is 0. The van der Waals surface area contributed by atoms with E-state index in [1.807, 2.05) is 0 Å². The molecule has 4 heterocycles. The third-order valence-corrected chi connectivity index (χ3v) is 14.6. The minimum Gasteiger partial charge on any atom is -0.200 e. The number of hydrogen-bond donors (Lipinski definition) is 0. The summed E-state index contributed by atoms with van der Waals surface area (Å²) in [5, 5.41) is 0. The zero-order chi connectivity index (χ0) is 48.0. The molecular weight excluding hydrogens is 859 g/mol. The number of pyridine rings is 3. The molecule has 3 heteroatoms. The Kier molecular flexibility index (Phi) is 11.2. The Hall–Kier alpha value is -8.79. The van der Waals surface area contributed by atoms with E-state index >= 15 is 0 Å². The van der Waals surface area contributed by atoms with Gasteiger partial charge in [0.05, 0.1) is 11.1 Å². The summed E-state index contributed by atoms with van der Waals surface area (Å²) in [6.45, 7) is 5.25. The van der Waals surface area contributed by atoms with E-state index in [-0.39, 0.29) is 0 Å². The average Bonchev–Trinajstić information content (AvgIpc) is 3.79. The fraction of sp³-hybridized carbons (Fsp3) is 0.0735. The van der Waals surface area contributed by atoms with Gasteiger partial charge in [-0.05, 0) is 129 Å². The topological polar surface area (TPSA) is 11.6 Å². The monoisotopic (exact) mass is 912 g/mol. The Labute approximate surface area is 417 Å². The molecule has 0 unspecified atom stereocenters. The molecule has 0 N–H and O–H groups in total. The second-order valence-electron chi connectivity index (χ2n) is 19.0. The highest BCUT2D eigenvalue weighted by molar-refractivity contribution is 5.96. The summed E-state index contributed by atoms with van der Waals surface area (Å²) < 4.78 is 6.97. The number of benzene rings is 8. The molecular formula is C68H54N3+3. The lowest BCUT2D eigenvalue weighted by Gasteiger charge is -2.18. The first-order valence-electron chi connectivity index (χ1n) is 24.6. The maximum absolute atomic E-state index is 2.42. The SMILES string of the molecule is Cc1ccccc1-c1ccc(-c2ccccc2-c2cc(-c3ccccc3-c3ccc4[n+](c3)Cc3ccccc3-4)cc(-c3ccccc3-c3c[n+](C)c(-c4ccccc4C)cc3-c3ccccc3)c2)c[n+]1C. The van der Waals surface area contributed by atoms with Crippen molar-refractivity contribution in [1.29, 1.82) is 0 Å². The molecule has 71 heavy (non-hydrogen) atoms. The summed E-state index contributed by atoms with van der Waals surface area (Å²) in [5.41, 5.74) is 27.8. The Balaban J connectivity index is 1.06. The van der Waals surface area contributed by atoms with E-state index in [1.165, 1.54) is 106 Å². The van der Waals surface area contributed by atoms with Gasteiger partial charge in [-0.25, -0.2) is 9.13 Å². The standard InChI is InChI=1S/C68H54N3/c1-46-20-8-11-25-55(46)66-36-34-50(42-69(66)3)57-27-14-16-29-59(57)52-38-53(60-30-17-15-28-58(60)51-35-37-67-62-32-13-10-24-49(62)43-71(67)44-51)40-54(39-52)61-31-18-19-33-63(61)65-45-70(4)68(56-26-12-9-21-47(56)2)41-64(65)48-22-6-5-7-23-48/h5-42,44-45H,43H2,1-4H3/q+3. The number of rotatable bonds is 9. The van der Waals surface area contributed by atoms with Crippen molar-refractivity contribution < 1.29 is 13.7 Å². The van der Waals surface area contributed by atoms with Crippen LogP contribution in [0, 0.1) is 13.8 Å². The van der Waals surface area contributed by atoms with Crippen LogP contribution in [-0.4, -0.2) is 0 Å². The zero-order valence-corrected chi connectivity index (χ0v) is 40.6. The van der Waals surface area contributed by atoms with E-state index in [0.717, 1.165) is 28.8 Å². The summed E-state index contributed by atoms with van der Waals surface area (Å²) in [6.07, 6.45) is 6.96. The van der Waals surface area contributed by atoms with Crippen LogP contribution in [0.25, 0.3) is 112 Å². The van der Waals surface area contributed by atoms with Gasteiger partial charge in [-0.15, -0.1) is 0 Å². The van der Waals surface area contributed by atoms with Crippen LogP contribution < -0.4 is 13.7 Å². The molecule has 0 bridgehead atoms. The van der Waals surface area contributed by atoms with Crippen LogP contribution in [0.4, 0.5) is 0 Å². The van der Waals surface area contributed by atoms with Crippen molar-refractivity contribution in [3.05, 3.63) is 260 Å². The Morgan fingerprint density at radius 3 is 1.25 bits per heavy atom. The predicted molar refractivity (Wildman–Crippen MR) is 292 cm³/mol. The van der Waals surface area contributed by atoms with Crippen LogP contribution in [0.15, 0.2) is 243 Å². The van der Waals surface area contributed by atoms with Gasteiger partial charge >= 0.3 is 0 Å². The number of fused-ring (bicyclic) bond motifs is 3. The van der Waals surface area contributed by atoms with Crippen molar-refractivity contribution in [2.45, 2.75) is 20.4 Å². The smallest absolute Gasteiger partial charge is 0.200 e. The normalized spacial score (nSPS) is 11.6. The van der Waals surface area contributed by atoms with Crippen molar-refractivity contribution >= 4 is 0 Å². The Morgan fingerprint density at radius 1 is 0.268 bits per heavy atom. The number of aromatic nitrogens is 3. The zero-order valence-electron chi connectivity index (χ0n) is 40.6. The van der Waals surface area contributed by atoms with E-state index in [9.17, 15) is 0 Å². The van der Waals surface area contributed by atoms with Crippen LogP contribution in [0.1, 0.15) is 16.7 Å². The van der Waals surface area contributed by atoms with Gasteiger partial charge in [0, 0.05) is 51.6 Å². The fourth-order valence-corrected chi connectivity index (χ4v) is 11.0. The minimum absolute atomic E-state index is 0.868. The lowest BCUT2D eigenvalue weighted by atomic mass is 9.85. The van der Waals surface area contributed by atoms with Gasteiger partial charge < -0.3 is 0 Å². The van der Waals surface area contributed by atoms with E-state index in [4.69, 9.17) is 0 Å². The molecule has 0 spiro atoms. The fourth-order valence-electron chi connectivity index (χ4n) is 11.0. The lowest BCUT2D eigenvalue weighted by Crippen LogP contribution is -2.31. The summed E-state index contributed by atoms with van der Waals surface area (Å²) in [5.74, 6) is 0. The molecule has 0 radical (unpaired) electrons. The maximum atomic E-state index is 2.42. The van der Waals surface area contributed by atoms with E-state index in [0.29, 0.717) is 0 Å². The molecule has 0 fully saturated rings. The van der Waals surface area contributed by atoms with Crippen LogP contribution in [-0.2, 0) is 20.6 Å². The highest BCUT2D eigenvalue weighted by Gasteiger charge is 2.27. The van der Waals surface area contributed by atoms with Gasteiger partial charge in [-0.1, -0.05) is 158 Å². The minimum atomic E-state index is 0.868. The Morgan fingerprint density at radius 2 is 0.690 bits per heavy atom. The molecule has 0 saturated carbocycles. The van der Waals surface area contributed by atoms with Crippen LogP contribution in [0.2, 0.25) is 0 Å². The van der Waals surface area contributed by atoms with Crippen molar-refractivity contribution in [2.75, 3.05) is 0 Å². The quantitative estimate of drug-likeness (QED) is 0.128. The first-order valence-corrected chi connectivity index (χ1v) is 24.6. The molecule has 1 aliphatic heterocycles. The van der Waals surface area contributed by atoms with Gasteiger partial charge in [-0.3, -0.25) is 0 Å². The van der Waals surface area contributed by atoms with Crippen molar-refractivity contribution in [1.82, 2.24) is 0 Å². The molecule has 3 nitrogen and oxygen atoms in total. The molecule has 0 aliphatic carbocycles. The van der Waals surface area contributed by atoms with Gasteiger partial charge in [0.25, 0.3) is 0 Å². The van der Waals surface area contributed by atoms with Crippen LogP contribution in [0.3, 0.4) is 0 Å². The first kappa shape index (κ1) is 43.5. The number of nitrogens with zero attached hydrogens (tertiary/aromatic N) is 3. The predicted octanol–water partition coefficient (Wildman–Crippen LogP) is 15.3. The van der Waals surface area contributed by atoms with Crippen molar-refractivity contribution in [2.24, 2.45) is 14.1 Å². The second-order valence-corrected chi connectivity index (χ2v) is 19.0. The van der Waals surface area contributed by atoms with E-state index in [2.05, 4.69) is 285 Å². The van der Waals surface area contributed by atoms with Crippen molar-refractivity contribution in [3.8, 4) is 112 Å². The van der Waals surface area contributed by atoms with E-state index < -0.39 is 0 Å². The summed E-state index contributed by atoms with van der Waals surface area (Å²) in [4.78, 5) is 0. The summed E-state index contributed by atoms with van der Waals surface area (Å²) >= 11 is 0. The average molecular weight is 913 g/mol. The van der Waals surface area contributed by atoms with E-state index in [1.54, 1.807) is 0 Å². The Bertz CT molecular complexity index is 3840. The molecule has 0 atom stereocenters. The molecule has 8 aromatic carbocycles. The largest absolute Gasteiger partial charge is 0.213 e. The highest BCUT2D eigenvalue weighted by atomic mass is 15.0. The molecule has 1 aliphatic rings. The van der Waals surface area contributed by atoms with Crippen LogP contribution >= 0.6 is 0 Å². The summed E-state index contributed by atoms with van der Waals surface area (Å²) in [6, 6.07) is 82.5. The second kappa shape index (κ2) is 18.3. The lowest BCUT2D eigenvalue weighted by molar-refractivity contribution is -0.671. The first-order chi connectivity index (χ1) is 34.9. The highest BCUT2D eigenvalue weighted by Crippen LogP contribution is 2.44. The van der Waals surface area contributed by atoms with Gasteiger partial charge in [0.1, 0.15) is 14.1 Å². The molecule has 11 aromatic rings. The van der Waals surface area contributed by atoms with Crippen LogP contribution in [0.5, 0.6) is 0 Å². The third kappa shape index (κ3) is 8.06. The maximum Gasteiger partial charge on any atom is 0.213 e. The number of aryl methyl sites for hydroxylation is 4. The van der Waals surface area contributed by atoms with Gasteiger partial charge in [-0.2, -0.15) is 4.57 Å². The summed E-state index contributed by atoms with van der Waals surface area (Å²) in [7, 11) is 4.34. The molecule has 0 saturated heterocycles. The third-order valence-electron chi connectivity index (χ3n) is 14.6.